The number of nitrogen functional groups attached to an aromatic ring is 1. The van der Waals surface area contributed by atoms with E-state index in [-0.39, 0.29) is 18.6 Å². The highest BCUT2D eigenvalue weighted by Gasteiger charge is 2.27. The summed E-state index contributed by atoms with van der Waals surface area (Å²) in [5.74, 6) is 7.59. The average molecular weight is 510 g/mol. The van der Waals surface area contributed by atoms with Crippen molar-refractivity contribution in [2.45, 2.75) is 25.5 Å². The number of amides is 1. The van der Waals surface area contributed by atoms with Crippen LogP contribution in [0.2, 0.25) is 0 Å². The molecule has 10 nitrogen and oxygen atoms in total. The number of carbonyl (C=O) groups excluding carboxylic acids is 1. The zero-order chi connectivity index (χ0) is 26.3. The van der Waals surface area contributed by atoms with E-state index in [0.717, 1.165) is 18.5 Å². The van der Waals surface area contributed by atoms with Gasteiger partial charge in [-0.1, -0.05) is 24.6 Å². The number of piperidine rings is 1. The molecule has 1 aliphatic heterocycles. The first-order chi connectivity index (χ1) is 18.6. The van der Waals surface area contributed by atoms with Crippen molar-refractivity contribution in [3.05, 3.63) is 79.0 Å². The number of nitrogens with zero attached hydrogens (tertiary/aromatic N) is 6. The number of anilines is 1. The summed E-state index contributed by atoms with van der Waals surface area (Å²) < 4.78 is 13.4. The van der Waals surface area contributed by atoms with Crippen molar-refractivity contribution in [2.75, 3.05) is 25.4 Å². The Labute approximate surface area is 220 Å². The highest BCUT2D eigenvalue weighted by atomic mass is 16.5. The third-order valence-electron chi connectivity index (χ3n) is 6.18. The van der Waals surface area contributed by atoms with E-state index in [4.69, 9.17) is 20.3 Å². The van der Waals surface area contributed by atoms with Gasteiger partial charge in [0.25, 0.3) is 0 Å². The maximum Gasteiger partial charge on any atom is 0.246 e. The molecule has 0 bridgehead atoms. The third-order valence-corrected chi connectivity index (χ3v) is 6.18. The van der Waals surface area contributed by atoms with Crippen molar-refractivity contribution >= 4 is 22.8 Å². The Bertz CT molecular complexity index is 1510. The highest BCUT2D eigenvalue weighted by molar-refractivity contribution is 5.90. The number of ether oxygens (including phenoxy) is 2. The van der Waals surface area contributed by atoms with E-state index in [1.165, 1.54) is 12.4 Å². The number of fused-ring (bicyclic) bond motifs is 1. The Morgan fingerprint density at radius 2 is 2.03 bits per heavy atom. The van der Waals surface area contributed by atoms with Gasteiger partial charge in [-0.25, -0.2) is 14.6 Å². The molecule has 0 aliphatic carbocycles. The summed E-state index contributed by atoms with van der Waals surface area (Å²) in [4.78, 5) is 26.7. The lowest BCUT2D eigenvalue weighted by Gasteiger charge is -2.32. The van der Waals surface area contributed by atoms with Crippen molar-refractivity contribution < 1.29 is 14.3 Å². The first-order valence-corrected chi connectivity index (χ1v) is 12.3. The molecule has 1 fully saturated rings. The number of hydrogen-bond acceptors (Lipinski definition) is 8. The SMILES string of the molecule is C=CC(=O)N1CCCC(n2nc(C#CCOc3cccc(OCc4ccccn4)c3)c3c(N)ncnc32)C1. The molecule has 5 rings (SSSR count). The number of likely N-dealkylation sites (tertiary alicyclic amines) is 1. The van der Waals surface area contributed by atoms with Gasteiger partial charge in [-0.3, -0.25) is 9.78 Å². The molecule has 10 heteroatoms. The van der Waals surface area contributed by atoms with Crippen LogP contribution in [-0.4, -0.2) is 55.2 Å². The number of carbonyl (C=O) groups is 1. The van der Waals surface area contributed by atoms with Gasteiger partial charge < -0.3 is 20.1 Å². The van der Waals surface area contributed by atoms with Crippen LogP contribution in [0.4, 0.5) is 5.82 Å². The van der Waals surface area contributed by atoms with E-state index in [0.29, 0.717) is 53.7 Å². The minimum atomic E-state index is -0.0938. The monoisotopic (exact) mass is 509 g/mol. The summed E-state index contributed by atoms with van der Waals surface area (Å²) >= 11 is 0. The number of rotatable bonds is 7. The number of hydrogen-bond donors (Lipinski definition) is 1. The molecule has 0 saturated carbocycles. The summed E-state index contributed by atoms with van der Waals surface area (Å²) in [6, 6.07) is 13.0. The van der Waals surface area contributed by atoms with E-state index in [2.05, 4.69) is 33.4 Å². The van der Waals surface area contributed by atoms with E-state index in [1.54, 1.807) is 17.2 Å². The van der Waals surface area contributed by atoms with Crippen LogP contribution in [0.1, 0.15) is 30.3 Å². The van der Waals surface area contributed by atoms with Gasteiger partial charge in [-0.2, -0.15) is 5.10 Å². The average Bonchev–Trinajstić information content (AvgIpc) is 3.34. The van der Waals surface area contributed by atoms with Crippen LogP contribution in [0.3, 0.4) is 0 Å². The van der Waals surface area contributed by atoms with Crippen molar-refractivity contribution in [1.29, 1.82) is 0 Å². The zero-order valence-corrected chi connectivity index (χ0v) is 20.8. The minimum Gasteiger partial charge on any atom is -0.487 e. The summed E-state index contributed by atoms with van der Waals surface area (Å²) in [5, 5.41) is 5.32. The van der Waals surface area contributed by atoms with Gasteiger partial charge in [0.1, 0.15) is 42.6 Å². The Morgan fingerprint density at radius 1 is 1.16 bits per heavy atom. The molecule has 1 unspecified atom stereocenters. The molecule has 1 amide bonds. The summed E-state index contributed by atoms with van der Waals surface area (Å²) in [6.07, 6.45) is 6.19. The molecule has 0 spiro atoms. The van der Waals surface area contributed by atoms with Crippen molar-refractivity contribution in [1.82, 2.24) is 29.6 Å². The van der Waals surface area contributed by atoms with Crippen molar-refractivity contribution in [3.63, 3.8) is 0 Å². The van der Waals surface area contributed by atoms with Gasteiger partial charge in [0.05, 0.1) is 17.1 Å². The fourth-order valence-electron chi connectivity index (χ4n) is 4.35. The molecule has 3 aromatic heterocycles. The van der Waals surface area contributed by atoms with Crippen LogP contribution in [0.15, 0.2) is 67.6 Å². The van der Waals surface area contributed by atoms with E-state index >= 15 is 0 Å². The van der Waals surface area contributed by atoms with E-state index in [1.807, 2.05) is 41.1 Å². The Balaban J connectivity index is 1.29. The molecule has 192 valence electrons. The van der Waals surface area contributed by atoms with Crippen LogP contribution in [0.5, 0.6) is 11.5 Å². The molecule has 1 saturated heterocycles. The second kappa shape index (κ2) is 11.4. The lowest BCUT2D eigenvalue weighted by Crippen LogP contribution is -2.40. The Hall–Kier alpha value is -4.91. The van der Waals surface area contributed by atoms with Gasteiger partial charge in [0.15, 0.2) is 5.65 Å². The molecule has 1 aliphatic rings. The lowest BCUT2D eigenvalue weighted by molar-refractivity contribution is -0.127. The third kappa shape index (κ3) is 5.57. The summed E-state index contributed by atoms with van der Waals surface area (Å²) in [7, 11) is 0. The largest absolute Gasteiger partial charge is 0.487 e. The number of aromatic nitrogens is 5. The molecule has 4 aromatic rings. The molecule has 4 heterocycles. The maximum absolute atomic E-state index is 12.2. The molecule has 38 heavy (non-hydrogen) atoms. The standard InChI is InChI=1S/C28H27N7O3/c1-2-25(36)34-14-6-9-21(17-34)35-28-26(27(29)31-19-32-28)24(33-35)12-7-15-37-22-10-5-11-23(16-22)38-18-20-8-3-4-13-30-20/h2-5,8,10-11,13,16,19,21H,1,6,9,14-15,17-18H2,(H2,29,31,32). The minimum absolute atomic E-state index is 0.0509. The van der Waals surface area contributed by atoms with Crippen LogP contribution in [-0.2, 0) is 11.4 Å². The lowest BCUT2D eigenvalue weighted by atomic mass is 10.1. The summed E-state index contributed by atoms with van der Waals surface area (Å²) in [5.41, 5.74) is 8.09. The van der Waals surface area contributed by atoms with Crippen molar-refractivity contribution in [2.24, 2.45) is 0 Å². The van der Waals surface area contributed by atoms with E-state index in [9.17, 15) is 4.79 Å². The Kier molecular flexibility index (Phi) is 7.45. The van der Waals surface area contributed by atoms with Gasteiger partial charge in [-0.05, 0) is 49.1 Å². The predicted molar refractivity (Wildman–Crippen MR) is 142 cm³/mol. The van der Waals surface area contributed by atoms with Gasteiger partial charge >= 0.3 is 0 Å². The normalized spacial score (nSPS) is 14.9. The second-order valence-corrected chi connectivity index (χ2v) is 8.71. The highest BCUT2D eigenvalue weighted by Crippen LogP contribution is 2.28. The maximum atomic E-state index is 12.2. The number of pyridine rings is 1. The first kappa shape index (κ1) is 24.8. The second-order valence-electron chi connectivity index (χ2n) is 8.71. The fourth-order valence-corrected chi connectivity index (χ4v) is 4.35. The molecule has 1 aromatic carbocycles. The molecular formula is C28H27N7O3. The number of nitrogens with two attached hydrogens (primary N) is 1. The molecular weight excluding hydrogens is 482 g/mol. The van der Waals surface area contributed by atoms with Crippen LogP contribution < -0.4 is 15.2 Å². The predicted octanol–water partition coefficient (Wildman–Crippen LogP) is 3.16. The first-order valence-electron chi connectivity index (χ1n) is 12.3. The van der Waals surface area contributed by atoms with Gasteiger partial charge in [-0.15, -0.1) is 0 Å². The molecule has 2 N–H and O–H groups in total. The van der Waals surface area contributed by atoms with Crippen molar-refractivity contribution in [3.8, 4) is 23.3 Å². The fraction of sp³-hybridized carbons (Fsp3) is 0.250. The van der Waals surface area contributed by atoms with E-state index < -0.39 is 0 Å². The molecule has 0 radical (unpaired) electrons. The van der Waals surface area contributed by atoms with Gasteiger partial charge in [0.2, 0.25) is 5.91 Å². The quantitative estimate of drug-likeness (QED) is 0.298. The zero-order valence-electron chi connectivity index (χ0n) is 20.8. The smallest absolute Gasteiger partial charge is 0.246 e. The Morgan fingerprint density at radius 3 is 2.84 bits per heavy atom. The van der Waals surface area contributed by atoms with Crippen LogP contribution in [0.25, 0.3) is 11.0 Å². The van der Waals surface area contributed by atoms with Gasteiger partial charge in [0, 0.05) is 25.4 Å². The topological polar surface area (TPSA) is 121 Å². The summed E-state index contributed by atoms with van der Waals surface area (Å²) in [6.45, 7) is 5.31. The van der Waals surface area contributed by atoms with Crippen LogP contribution >= 0.6 is 0 Å². The molecule has 1 atom stereocenters. The number of benzene rings is 1. The van der Waals surface area contributed by atoms with Crippen LogP contribution in [0, 0.1) is 11.8 Å².